The van der Waals surface area contributed by atoms with Gasteiger partial charge in [-0.25, -0.2) is 0 Å². The standard InChI is InChI=1S/C11H11N3O3/c1-8-6-9(17-13-8)7-12-10-4-2-3-5-11(10)14(15)16/h2-6,12H,7H2,1H3. The molecule has 17 heavy (non-hydrogen) atoms. The highest BCUT2D eigenvalue weighted by molar-refractivity contribution is 5.61. The van der Waals surface area contributed by atoms with Crippen LogP contribution in [0.1, 0.15) is 11.5 Å². The van der Waals surface area contributed by atoms with Crippen LogP contribution in [0, 0.1) is 17.0 Å². The molecule has 6 nitrogen and oxygen atoms in total. The summed E-state index contributed by atoms with van der Waals surface area (Å²) in [4.78, 5) is 10.3. The fourth-order valence-corrected chi connectivity index (χ4v) is 1.46. The molecule has 0 aliphatic carbocycles. The lowest BCUT2D eigenvalue weighted by atomic mass is 10.2. The topological polar surface area (TPSA) is 81.2 Å². The van der Waals surface area contributed by atoms with Gasteiger partial charge in [0.15, 0.2) is 5.76 Å². The molecular weight excluding hydrogens is 222 g/mol. The minimum absolute atomic E-state index is 0.0451. The number of nitrogens with zero attached hydrogens (tertiary/aromatic N) is 2. The lowest BCUT2D eigenvalue weighted by molar-refractivity contribution is -0.384. The number of hydrogen-bond donors (Lipinski definition) is 1. The highest BCUT2D eigenvalue weighted by Gasteiger charge is 2.12. The minimum atomic E-state index is -0.423. The summed E-state index contributed by atoms with van der Waals surface area (Å²) in [5.41, 5.74) is 1.29. The molecule has 1 heterocycles. The molecule has 2 aromatic rings. The predicted octanol–water partition coefficient (Wildman–Crippen LogP) is 2.50. The number of anilines is 1. The smallest absolute Gasteiger partial charge is 0.292 e. The highest BCUT2D eigenvalue weighted by Crippen LogP contribution is 2.23. The first-order chi connectivity index (χ1) is 8.16. The van der Waals surface area contributed by atoms with Crippen molar-refractivity contribution >= 4 is 11.4 Å². The van der Waals surface area contributed by atoms with E-state index in [0.717, 1.165) is 5.69 Å². The van der Waals surface area contributed by atoms with Crippen molar-refractivity contribution in [2.75, 3.05) is 5.32 Å². The maximum absolute atomic E-state index is 10.8. The van der Waals surface area contributed by atoms with Gasteiger partial charge in [0.25, 0.3) is 5.69 Å². The molecule has 0 saturated heterocycles. The number of hydrogen-bond acceptors (Lipinski definition) is 5. The van der Waals surface area contributed by atoms with Crippen LogP contribution < -0.4 is 5.32 Å². The summed E-state index contributed by atoms with van der Waals surface area (Å²) in [6.07, 6.45) is 0. The quantitative estimate of drug-likeness (QED) is 0.648. The van der Waals surface area contributed by atoms with Crippen molar-refractivity contribution in [3.8, 4) is 0 Å². The van der Waals surface area contributed by atoms with Gasteiger partial charge in [-0.05, 0) is 13.0 Å². The second kappa shape index (κ2) is 4.65. The van der Waals surface area contributed by atoms with Gasteiger partial charge in [-0.1, -0.05) is 17.3 Å². The molecule has 6 heteroatoms. The zero-order valence-corrected chi connectivity index (χ0v) is 9.21. The van der Waals surface area contributed by atoms with E-state index in [4.69, 9.17) is 4.52 Å². The SMILES string of the molecule is Cc1cc(CNc2ccccc2[N+](=O)[O-])on1. The molecule has 1 N–H and O–H groups in total. The second-order valence-corrected chi connectivity index (χ2v) is 3.56. The van der Waals surface area contributed by atoms with Gasteiger partial charge in [-0.15, -0.1) is 0 Å². The number of aromatic nitrogens is 1. The van der Waals surface area contributed by atoms with Crippen molar-refractivity contribution in [3.63, 3.8) is 0 Å². The van der Waals surface area contributed by atoms with E-state index >= 15 is 0 Å². The summed E-state index contributed by atoms with van der Waals surface area (Å²) < 4.78 is 5.00. The molecule has 0 spiro atoms. The van der Waals surface area contributed by atoms with Gasteiger partial charge in [0.1, 0.15) is 5.69 Å². The fraction of sp³-hybridized carbons (Fsp3) is 0.182. The Kier molecular flexibility index (Phi) is 3.04. The van der Waals surface area contributed by atoms with E-state index in [9.17, 15) is 10.1 Å². The summed E-state index contributed by atoms with van der Waals surface area (Å²) in [7, 11) is 0. The zero-order chi connectivity index (χ0) is 12.3. The summed E-state index contributed by atoms with van der Waals surface area (Å²) in [5, 5.41) is 17.5. The molecule has 0 fully saturated rings. The van der Waals surface area contributed by atoms with E-state index < -0.39 is 4.92 Å². The third-order valence-corrected chi connectivity index (χ3v) is 2.23. The zero-order valence-electron chi connectivity index (χ0n) is 9.21. The summed E-state index contributed by atoms with van der Waals surface area (Å²) in [5.74, 6) is 0.639. The first kappa shape index (κ1) is 11.1. The van der Waals surface area contributed by atoms with Crippen LogP contribution in [0.5, 0.6) is 0 Å². The third-order valence-electron chi connectivity index (χ3n) is 2.23. The predicted molar refractivity (Wildman–Crippen MR) is 61.7 cm³/mol. The normalized spacial score (nSPS) is 10.2. The van der Waals surface area contributed by atoms with E-state index in [0.29, 0.717) is 18.0 Å². The lowest BCUT2D eigenvalue weighted by Crippen LogP contribution is -2.01. The molecular formula is C11H11N3O3. The van der Waals surface area contributed by atoms with E-state index in [1.54, 1.807) is 24.3 Å². The number of rotatable bonds is 4. The molecule has 0 bridgehead atoms. The Balaban J connectivity index is 2.11. The van der Waals surface area contributed by atoms with Crippen molar-refractivity contribution in [2.24, 2.45) is 0 Å². The first-order valence-electron chi connectivity index (χ1n) is 5.06. The van der Waals surface area contributed by atoms with Crippen LogP contribution >= 0.6 is 0 Å². The van der Waals surface area contributed by atoms with Gasteiger partial charge in [0.05, 0.1) is 17.2 Å². The summed E-state index contributed by atoms with van der Waals surface area (Å²) >= 11 is 0. The molecule has 0 saturated carbocycles. The van der Waals surface area contributed by atoms with E-state index in [2.05, 4.69) is 10.5 Å². The summed E-state index contributed by atoms with van der Waals surface area (Å²) in [6.45, 7) is 2.18. The molecule has 0 atom stereocenters. The number of nitro groups is 1. The van der Waals surface area contributed by atoms with Gasteiger partial charge in [-0.3, -0.25) is 10.1 Å². The van der Waals surface area contributed by atoms with Gasteiger partial charge < -0.3 is 9.84 Å². The van der Waals surface area contributed by atoms with Crippen LogP contribution in [-0.2, 0) is 6.54 Å². The molecule has 0 aliphatic heterocycles. The number of benzene rings is 1. The largest absolute Gasteiger partial charge is 0.372 e. The molecule has 1 aromatic carbocycles. The van der Waals surface area contributed by atoms with Gasteiger partial charge >= 0.3 is 0 Å². The highest BCUT2D eigenvalue weighted by atomic mass is 16.6. The molecule has 0 radical (unpaired) electrons. The Morgan fingerprint density at radius 1 is 1.47 bits per heavy atom. The van der Waals surface area contributed by atoms with Crippen molar-refractivity contribution < 1.29 is 9.45 Å². The van der Waals surface area contributed by atoms with Gasteiger partial charge in [0.2, 0.25) is 0 Å². The number of nitrogens with one attached hydrogen (secondary N) is 1. The number of aryl methyl sites for hydroxylation is 1. The van der Waals surface area contributed by atoms with E-state index in [1.165, 1.54) is 6.07 Å². The molecule has 0 aliphatic rings. The Labute approximate surface area is 97.4 Å². The van der Waals surface area contributed by atoms with Gasteiger partial charge in [-0.2, -0.15) is 0 Å². The van der Waals surface area contributed by atoms with Crippen molar-refractivity contribution in [1.82, 2.24) is 5.16 Å². The molecule has 2 rings (SSSR count). The van der Waals surface area contributed by atoms with E-state index in [1.807, 2.05) is 6.92 Å². The van der Waals surface area contributed by atoms with Crippen LogP contribution in [0.3, 0.4) is 0 Å². The number of para-hydroxylation sites is 2. The van der Waals surface area contributed by atoms with Crippen molar-refractivity contribution in [1.29, 1.82) is 0 Å². The van der Waals surface area contributed by atoms with Crippen LogP contribution in [-0.4, -0.2) is 10.1 Å². The molecule has 0 amide bonds. The third kappa shape index (κ3) is 2.60. The fourth-order valence-electron chi connectivity index (χ4n) is 1.46. The Morgan fingerprint density at radius 3 is 2.88 bits per heavy atom. The minimum Gasteiger partial charge on any atom is -0.372 e. The van der Waals surface area contributed by atoms with Crippen LogP contribution in [0.15, 0.2) is 34.9 Å². The molecule has 0 unspecified atom stereocenters. The molecule has 1 aromatic heterocycles. The van der Waals surface area contributed by atoms with Crippen molar-refractivity contribution in [3.05, 3.63) is 51.9 Å². The Bertz CT molecular complexity index is 536. The van der Waals surface area contributed by atoms with Crippen LogP contribution in [0.25, 0.3) is 0 Å². The second-order valence-electron chi connectivity index (χ2n) is 3.56. The monoisotopic (exact) mass is 233 g/mol. The lowest BCUT2D eigenvalue weighted by Gasteiger charge is -2.03. The maximum Gasteiger partial charge on any atom is 0.292 e. The Morgan fingerprint density at radius 2 is 2.24 bits per heavy atom. The van der Waals surface area contributed by atoms with Gasteiger partial charge in [0, 0.05) is 12.1 Å². The number of nitro benzene ring substituents is 1. The van der Waals surface area contributed by atoms with Crippen LogP contribution in [0.4, 0.5) is 11.4 Å². The Hall–Kier alpha value is -2.37. The van der Waals surface area contributed by atoms with E-state index in [-0.39, 0.29) is 5.69 Å². The summed E-state index contributed by atoms with van der Waals surface area (Å²) in [6, 6.07) is 8.25. The average molecular weight is 233 g/mol. The van der Waals surface area contributed by atoms with Crippen LogP contribution in [0.2, 0.25) is 0 Å². The first-order valence-corrected chi connectivity index (χ1v) is 5.06. The van der Waals surface area contributed by atoms with Crippen molar-refractivity contribution in [2.45, 2.75) is 13.5 Å². The molecule has 88 valence electrons. The maximum atomic E-state index is 10.8. The average Bonchev–Trinajstić information content (AvgIpc) is 2.73.